The highest BCUT2D eigenvalue weighted by Gasteiger charge is 2.28. The number of fused-ring (bicyclic) bond motifs is 1. The number of amides is 1. The summed E-state index contributed by atoms with van der Waals surface area (Å²) in [7, 11) is 0. The Bertz CT molecular complexity index is 1190. The summed E-state index contributed by atoms with van der Waals surface area (Å²) in [5.74, 6) is 0.480. The third-order valence-electron chi connectivity index (χ3n) is 5.23. The van der Waals surface area contributed by atoms with Crippen LogP contribution in [0, 0.1) is 10.1 Å². The molecular weight excluding hydrogens is 398 g/mol. The van der Waals surface area contributed by atoms with Crippen molar-refractivity contribution in [2.24, 2.45) is 0 Å². The molecule has 0 radical (unpaired) electrons. The summed E-state index contributed by atoms with van der Waals surface area (Å²) in [5.41, 5.74) is 1.01. The summed E-state index contributed by atoms with van der Waals surface area (Å²) in [5, 5.41) is 17.4. The Labute approximate surface area is 178 Å². The van der Waals surface area contributed by atoms with Gasteiger partial charge in [0.15, 0.2) is 0 Å². The van der Waals surface area contributed by atoms with E-state index in [2.05, 4.69) is 15.6 Å². The molecule has 0 spiro atoms. The molecule has 1 aliphatic carbocycles. The van der Waals surface area contributed by atoms with Gasteiger partial charge in [0.05, 0.1) is 15.8 Å². The Morgan fingerprint density at radius 3 is 2.65 bits per heavy atom. The van der Waals surface area contributed by atoms with Crippen molar-refractivity contribution in [2.45, 2.75) is 31.7 Å². The highest BCUT2D eigenvalue weighted by Crippen LogP contribution is 2.34. The van der Waals surface area contributed by atoms with Crippen LogP contribution in [-0.2, 0) is 11.2 Å². The first-order chi connectivity index (χ1) is 15.0. The van der Waals surface area contributed by atoms with Crippen molar-refractivity contribution in [1.29, 1.82) is 0 Å². The third-order valence-corrected chi connectivity index (χ3v) is 5.23. The summed E-state index contributed by atoms with van der Waals surface area (Å²) in [4.78, 5) is 40.4. The first-order valence-corrected chi connectivity index (χ1v) is 10.3. The number of rotatable bonds is 9. The molecule has 1 aromatic heterocycles. The second kappa shape index (κ2) is 8.95. The van der Waals surface area contributed by atoms with E-state index in [1.165, 1.54) is 6.07 Å². The zero-order valence-electron chi connectivity index (χ0n) is 16.9. The molecule has 4 rings (SSSR count). The molecule has 1 heterocycles. The number of hydrogen-bond acceptors (Lipinski definition) is 6. The molecule has 2 N–H and O–H groups in total. The fourth-order valence-electron chi connectivity index (χ4n) is 3.57. The molecule has 2 aromatic carbocycles. The first kappa shape index (κ1) is 20.5. The van der Waals surface area contributed by atoms with Crippen LogP contribution in [-0.4, -0.2) is 33.5 Å². The molecule has 160 valence electrons. The van der Waals surface area contributed by atoms with Crippen molar-refractivity contribution in [3.8, 4) is 0 Å². The summed E-state index contributed by atoms with van der Waals surface area (Å²) >= 11 is 0. The van der Waals surface area contributed by atoms with Crippen LogP contribution in [0.25, 0.3) is 10.9 Å². The van der Waals surface area contributed by atoms with Crippen LogP contribution in [0.4, 0.5) is 11.4 Å². The zero-order valence-corrected chi connectivity index (χ0v) is 16.9. The lowest BCUT2D eigenvalue weighted by Crippen LogP contribution is -2.30. The van der Waals surface area contributed by atoms with Crippen LogP contribution in [0.3, 0.4) is 0 Å². The minimum atomic E-state index is -0.448. The molecular formula is C22H23N5O4. The topological polar surface area (TPSA) is 119 Å². The average molecular weight is 421 g/mol. The van der Waals surface area contributed by atoms with Crippen molar-refractivity contribution in [1.82, 2.24) is 14.9 Å². The van der Waals surface area contributed by atoms with E-state index >= 15 is 0 Å². The van der Waals surface area contributed by atoms with Crippen LogP contribution in [0.1, 0.15) is 31.1 Å². The van der Waals surface area contributed by atoms with Crippen LogP contribution in [0.2, 0.25) is 0 Å². The second-order valence-corrected chi connectivity index (χ2v) is 7.50. The average Bonchev–Trinajstić information content (AvgIpc) is 3.60. The Kier molecular flexibility index (Phi) is 5.92. The molecule has 0 saturated heterocycles. The molecule has 1 fully saturated rings. The van der Waals surface area contributed by atoms with Crippen molar-refractivity contribution < 1.29 is 9.72 Å². The number of aromatic nitrogens is 2. The van der Waals surface area contributed by atoms with Gasteiger partial charge in [0.25, 0.3) is 11.2 Å². The van der Waals surface area contributed by atoms with Gasteiger partial charge in [-0.1, -0.05) is 24.3 Å². The number of para-hydroxylation sites is 3. The van der Waals surface area contributed by atoms with E-state index < -0.39 is 4.92 Å². The van der Waals surface area contributed by atoms with Crippen LogP contribution >= 0.6 is 0 Å². The highest BCUT2D eigenvalue weighted by atomic mass is 16.6. The molecule has 0 unspecified atom stereocenters. The van der Waals surface area contributed by atoms with Gasteiger partial charge in [-0.15, -0.1) is 0 Å². The van der Waals surface area contributed by atoms with Gasteiger partial charge in [-0.3, -0.25) is 24.3 Å². The van der Waals surface area contributed by atoms with Gasteiger partial charge in [0, 0.05) is 38.0 Å². The van der Waals surface area contributed by atoms with E-state index in [0.29, 0.717) is 41.9 Å². The summed E-state index contributed by atoms with van der Waals surface area (Å²) < 4.78 is 1.74. The number of nitro groups is 1. The maximum atomic E-state index is 12.9. The first-order valence-electron chi connectivity index (χ1n) is 10.3. The number of nitro benzene ring substituents is 1. The number of benzene rings is 2. The molecule has 31 heavy (non-hydrogen) atoms. The molecule has 1 aliphatic rings. The molecule has 0 bridgehead atoms. The number of anilines is 1. The monoisotopic (exact) mass is 421 g/mol. The lowest BCUT2D eigenvalue weighted by Gasteiger charge is -2.13. The van der Waals surface area contributed by atoms with Crippen LogP contribution in [0.5, 0.6) is 0 Å². The predicted octanol–water partition coefficient (Wildman–Crippen LogP) is 2.80. The fourth-order valence-corrected chi connectivity index (χ4v) is 3.57. The lowest BCUT2D eigenvalue weighted by atomic mass is 10.2. The Hall–Kier alpha value is -3.75. The minimum Gasteiger partial charge on any atom is -0.378 e. The van der Waals surface area contributed by atoms with Crippen molar-refractivity contribution in [2.75, 3.05) is 18.4 Å². The number of aryl methyl sites for hydroxylation is 1. The fraction of sp³-hybridized carbons (Fsp3) is 0.318. The number of nitrogens with zero attached hydrogens (tertiary/aromatic N) is 3. The summed E-state index contributed by atoms with van der Waals surface area (Å²) in [6.07, 6.45) is 2.50. The number of carbonyl (C=O) groups excluding carboxylic acids is 1. The van der Waals surface area contributed by atoms with Gasteiger partial charge in [0.2, 0.25) is 5.91 Å². The maximum Gasteiger partial charge on any atom is 0.292 e. The van der Waals surface area contributed by atoms with Crippen LogP contribution < -0.4 is 16.2 Å². The number of nitrogens with one attached hydrogen (secondary N) is 2. The van der Waals surface area contributed by atoms with Gasteiger partial charge >= 0.3 is 0 Å². The largest absolute Gasteiger partial charge is 0.378 e. The standard InChI is InChI=1S/C22H23N5O4/c28-21(24-14-13-23-18-7-3-4-8-19(18)27(30)31)12-11-20-25-17-6-2-1-5-16(17)22(29)26(20)15-9-10-15/h1-8,15,23H,9-14H2,(H,24,28). The van der Waals surface area contributed by atoms with Gasteiger partial charge < -0.3 is 10.6 Å². The predicted molar refractivity (Wildman–Crippen MR) is 117 cm³/mol. The normalized spacial score (nSPS) is 13.2. The summed E-state index contributed by atoms with van der Waals surface area (Å²) in [6.45, 7) is 0.684. The van der Waals surface area contributed by atoms with E-state index in [1.807, 2.05) is 18.2 Å². The van der Waals surface area contributed by atoms with Gasteiger partial charge in [0.1, 0.15) is 11.5 Å². The maximum absolute atomic E-state index is 12.9. The molecule has 0 atom stereocenters. The zero-order chi connectivity index (χ0) is 21.8. The quantitative estimate of drug-likeness (QED) is 0.311. The number of carbonyl (C=O) groups is 1. The Balaban J connectivity index is 1.33. The smallest absolute Gasteiger partial charge is 0.292 e. The van der Waals surface area contributed by atoms with Crippen molar-refractivity contribution in [3.05, 3.63) is 74.8 Å². The number of hydrogen-bond donors (Lipinski definition) is 2. The van der Waals surface area contributed by atoms with Crippen molar-refractivity contribution >= 4 is 28.2 Å². The van der Waals surface area contributed by atoms with E-state index in [1.54, 1.807) is 28.8 Å². The van der Waals surface area contributed by atoms with E-state index in [-0.39, 0.29) is 29.6 Å². The van der Waals surface area contributed by atoms with E-state index in [4.69, 9.17) is 0 Å². The van der Waals surface area contributed by atoms with Crippen molar-refractivity contribution in [3.63, 3.8) is 0 Å². The molecule has 1 saturated carbocycles. The molecule has 9 heteroatoms. The summed E-state index contributed by atoms with van der Waals surface area (Å²) in [6, 6.07) is 13.8. The lowest BCUT2D eigenvalue weighted by molar-refractivity contribution is -0.384. The van der Waals surface area contributed by atoms with Crippen LogP contribution in [0.15, 0.2) is 53.3 Å². The van der Waals surface area contributed by atoms with E-state index in [9.17, 15) is 19.7 Å². The SMILES string of the molecule is O=C(CCc1nc2ccccc2c(=O)n1C1CC1)NCCNc1ccccc1[N+](=O)[O-]. The molecule has 9 nitrogen and oxygen atoms in total. The molecule has 0 aliphatic heterocycles. The van der Waals surface area contributed by atoms with Gasteiger partial charge in [-0.05, 0) is 31.0 Å². The van der Waals surface area contributed by atoms with Gasteiger partial charge in [-0.25, -0.2) is 4.98 Å². The van der Waals surface area contributed by atoms with E-state index in [0.717, 1.165) is 12.8 Å². The highest BCUT2D eigenvalue weighted by molar-refractivity contribution is 5.78. The van der Waals surface area contributed by atoms with Gasteiger partial charge in [-0.2, -0.15) is 0 Å². The molecule has 1 amide bonds. The Morgan fingerprint density at radius 2 is 1.87 bits per heavy atom. The third kappa shape index (κ3) is 4.71. The molecule has 3 aromatic rings. The Morgan fingerprint density at radius 1 is 1.13 bits per heavy atom. The minimum absolute atomic E-state index is 0.00532. The second-order valence-electron chi connectivity index (χ2n) is 7.50.